The maximum atomic E-state index is 12.0. The zero-order valence-electron chi connectivity index (χ0n) is 7.79. The molecule has 0 unspecified atom stereocenters. The van der Waals surface area contributed by atoms with Crippen LogP contribution < -0.4 is 0 Å². The molecule has 0 amide bonds. The summed E-state index contributed by atoms with van der Waals surface area (Å²) >= 11 is 0. The highest BCUT2D eigenvalue weighted by molar-refractivity contribution is 5.99. The number of halogens is 3. The van der Waals surface area contributed by atoms with Gasteiger partial charge in [0.2, 0.25) is 0 Å². The van der Waals surface area contributed by atoms with E-state index < -0.39 is 17.5 Å². The first-order chi connectivity index (χ1) is 6.95. The second kappa shape index (κ2) is 4.29. The standard InChI is InChI=1S/C9H9F3N2O/c1-2-3-4-14-6-7(5-13-14)8(15)9(10,11)12/h2,5-6H,1,3-4H2. The largest absolute Gasteiger partial charge is 0.454 e. The molecule has 0 atom stereocenters. The van der Waals surface area contributed by atoms with Crippen molar-refractivity contribution in [1.29, 1.82) is 0 Å². The van der Waals surface area contributed by atoms with E-state index >= 15 is 0 Å². The van der Waals surface area contributed by atoms with Crippen LogP contribution in [0.5, 0.6) is 0 Å². The summed E-state index contributed by atoms with van der Waals surface area (Å²) in [5.41, 5.74) is -0.438. The summed E-state index contributed by atoms with van der Waals surface area (Å²) in [7, 11) is 0. The van der Waals surface area contributed by atoms with Crippen molar-refractivity contribution in [3.8, 4) is 0 Å². The number of Topliss-reactive ketones (excluding diaryl/α,β-unsaturated/α-hetero) is 1. The lowest BCUT2D eigenvalue weighted by Crippen LogP contribution is -2.22. The lowest BCUT2D eigenvalue weighted by atomic mass is 10.2. The summed E-state index contributed by atoms with van der Waals surface area (Å²) in [4.78, 5) is 10.8. The highest BCUT2D eigenvalue weighted by atomic mass is 19.4. The summed E-state index contributed by atoms with van der Waals surface area (Å²) in [5.74, 6) is -1.87. The van der Waals surface area contributed by atoms with Gasteiger partial charge in [-0.1, -0.05) is 6.08 Å². The predicted octanol–water partition coefficient (Wildman–Crippen LogP) is 2.20. The molecule has 0 saturated carbocycles. The van der Waals surface area contributed by atoms with E-state index in [2.05, 4.69) is 11.7 Å². The molecule has 1 aromatic heterocycles. The van der Waals surface area contributed by atoms with E-state index in [1.54, 1.807) is 6.08 Å². The summed E-state index contributed by atoms with van der Waals surface area (Å²) < 4.78 is 37.3. The third kappa shape index (κ3) is 2.93. The number of nitrogens with zero attached hydrogens (tertiary/aromatic N) is 2. The zero-order valence-corrected chi connectivity index (χ0v) is 7.79. The Bertz CT molecular complexity index is 368. The monoisotopic (exact) mass is 218 g/mol. The maximum Gasteiger partial charge on any atom is 0.454 e. The van der Waals surface area contributed by atoms with Gasteiger partial charge in [0.15, 0.2) is 0 Å². The highest BCUT2D eigenvalue weighted by Crippen LogP contribution is 2.20. The van der Waals surface area contributed by atoms with Crippen molar-refractivity contribution in [2.45, 2.75) is 19.1 Å². The molecule has 1 heterocycles. The van der Waals surface area contributed by atoms with Crippen molar-refractivity contribution >= 4 is 5.78 Å². The molecule has 0 saturated heterocycles. The lowest BCUT2D eigenvalue weighted by Gasteiger charge is -2.01. The summed E-state index contributed by atoms with van der Waals surface area (Å²) in [5, 5.41) is 3.64. The zero-order chi connectivity index (χ0) is 11.5. The van der Waals surface area contributed by atoms with Crippen LogP contribution in [-0.4, -0.2) is 21.7 Å². The normalized spacial score (nSPS) is 11.4. The molecule has 0 aliphatic heterocycles. The topological polar surface area (TPSA) is 34.9 Å². The Balaban J connectivity index is 2.76. The smallest absolute Gasteiger partial charge is 0.284 e. The van der Waals surface area contributed by atoms with E-state index in [9.17, 15) is 18.0 Å². The van der Waals surface area contributed by atoms with Gasteiger partial charge in [-0.05, 0) is 6.42 Å². The number of hydrogen-bond donors (Lipinski definition) is 0. The van der Waals surface area contributed by atoms with Crippen LogP contribution in [0.15, 0.2) is 25.0 Å². The fraction of sp³-hybridized carbons (Fsp3) is 0.333. The van der Waals surface area contributed by atoms with Gasteiger partial charge in [0, 0.05) is 12.7 Å². The Morgan fingerprint density at radius 2 is 2.27 bits per heavy atom. The molecular formula is C9H9F3N2O. The van der Waals surface area contributed by atoms with Gasteiger partial charge >= 0.3 is 6.18 Å². The summed E-state index contributed by atoms with van der Waals surface area (Å²) in [6.07, 6.45) is -0.640. The van der Waals surface area contributed by atoms with Crippen molar-refractivity contribution < 1.29 is 18.0 Å². The average molecular weight is 218 g/mol. The Hall–Kier alpha value is -1.59. The van der Waals surface area contributed by atoms with E-state index in [-0.39, 0.29) is 0 Å². The van der Waals surface area contributed by atoms with E-state index in [4.69, 9.17) is 0 Å². The Kier molecular flexibility index (Phi) is 3.28. The number of alkyl halides is 3. The molecule has 0 aliphatic rings. The van der Waals surface area contributed by atoms with Crippen LogP contribution in [-0.2, 0) is 6.54 Å². The maximum absolute atomic E-state index is 12.0. The number of ketones is 1. The van der Waals surface area contributed by atoms with E-state index in [1.807, 2.05) is 0 Å². The Morgan fingerprint density at radius 3 is 2.80 bits per heavy atom. The second-order valence-corrected chi connectivity index (χ2v) is 2.90. The van der Waals surface area contributed by atoms with Gasteiger partial charge in [-0.25, -0.2) is 0 Å². The fourth-order valence-corrected chi connectivity index (χ4v) is 0.990. The van der Waals surface area contributed by atoms with Crippen molar-refractivity contribution in [3.63, 3.8) is 0 Å². The molecule has 0 spiro atoms. The summed E-state index contributed by atoms with van der Waals surface area (Å²) in [6.45, 7) is 3.88. The Morgan fingerprint density at radius 1 is 1.60 bits per heavy atom. The molecule has 0 bridgehead atoms. The number of carbonyl (C=O) groups excluding carboxylic acids is 1. The first-order valence-corrected chi connectivity index (χ1v) is 4.20. The number of carbonyl (C=O) groups is 1. The molecule has 0 fully saturated rings. The van der Waals surface area contributed by atoms with Crippen LogP contribution in [0.1, 0.15) is 16.8 Å². The SMILES string of the molecule is C=CCCn1cc(C(=O)C(F)(F)F)cn1. The van der Waals surface area contributed by atoms with Crippen LogP contribution >= 0.6 is 0 Å². The van der Waals surface area contributed by atoms with Gasteiger partial charge < -0.3 is 0 Å². The molecule has 82 valence electrons. The minimum Gasteiger partial charge on any atom is -0.284 e. The van der Waals surface area contributed by atoms with Crippen LogP contribution in [0.3, 0.4) is 0 Å². The van der Waals surface area contributed by atoms with Crippen LogP contribution in [0, 0.1) is 0 Å². The van der Waals surface area contributed by atoms with Crippen LogP contribution in [0.2, 0.25) is 0 Å². The third-order valence-electron chi connectivity index (χ3n) is 1.72. The molecule has 0 aliphatic carbocycles. The molecular weight excluding hydrogens is 209 g/mol. The van der Waals surface area contributed by atoms with E-state index in [0.717, 1.165) is 12.4 Å². The first kappa shape index (κ1) is 11.5. The molecule has 6 heteroatoms. The number of aromatic nitrogens is 2. The van der Waals surface area contributed by atoms with Crippen LogP contribution in [0.25, 0.3) is 0 Å². The van der Waals surface area contributed by atoms with E-state index in [0.29, 0.717) is 13.0 Å². The number of aryl methyl sites for hydroxylation is 1. The predicted molar refractivity (Wildman–Crippen MR) is 47.4 cm³/mol. The molecule has 0 aromatic carbocycles. The lowest BCUT2D eigenvalue weighted by molar-refractivity contribution is -0.0885. The third-order valence-corrected chi connectivity index (χ3v) is 1.72. The van der Waals surface area contributed by atoms with Gasteiger partial charge in [-0.15, -0.1) is 6.58 Å². The molecule has 1 aromatic rings. The number of rotatable bonds is 4. The molecule has 0 radical (unpaired) electrons. The first-order valence-electron chi connectivity index (χ1n) is 4.20. The van der Waals surface area contributed by atoms with Crippen molar-refractivity contribution in [2.24, 2.45) is 0 Å². The second-order valence-electron chi connectivity index (χ2n) is 2.90. The van der Waals surface area contributed by atoms with E-state index in [1.165, 1.54) is 4.68 Å². The number of allylic oxidation sites excluding steroid dienone is 1. The molecule has 1 rings (SSSR count). The summed E-state index contributed by atoms with van der Waals surface area (Å²) in [6, 6.07) is 0. The van der Waals surface area contributed by atoms with Gasteiger partial charge in [0.25, 0.3) is 5.78 Å². The highest BCUT2D eigenvalue weighted by Gasteiger charge is 2.39. The Labute approximate surface area is 84.2 Å². The minimum absolute atomic E-state index is 0.411. The van der Waals surface area contributed by atoms with Crippen LogP contribution in [0.4, 0.5) is 13.2 Å². The van der Waals surface area contributed by atoms with Gasteiger partial charge in [-0.2, -0.15) is 18.3 Å². The molecule has 15 heavy (non-hydrogen) atoms. The van der Waals surface area contributed by atoms with Gasteiger partial charge in [0.1, 0.15) is 0 Å². The van der Waals surface area contributed by atoms with Crippen molar-refractivity contribution in [3.05, 3.63) is 30.6 Å². The van der Waals surface area contributed by atoms with Crippen molar-refractivity contribution in [1.82, 2.24) is 9.78 Å². The van der Waals surface area contributed by atoms with Gasteiger partial charge in [0.05, 0.1) is 11.8 Å². The molecule has 0 N–H and O–H groups in total. The number of hydrogen-bond acceptors (Lipinski definition) is 2. The average Bonchev–Trinajstić information content (AvgIpc) is 2.60. The quantitative estimate of drug-likeness (QED) is 0.573. The fourth-order valence-electron chi connectivity index (χ4n) is 0.990. The van der Waals surface area contributed by atoms with Gasteiger partial charge in [-0.3, -0.25) is 9.48 Å². The molecule has 3 nitrogen and oxygen atoms in total. The van der Waals surface area contributed by atoms with Crippen molar-refractivity contribution in [2.75, 3.05) is 0 Å². The minimum atomic E-state index is -4.84.